The number of hydrogen-bond acceptors (Lipinski definition) is 5. The average Bonchev–Trinajstić information content (AvgIpc) is 2.35. The molecule has 7 nitrogen and oxygen atoms in total. The second kappa shape index (κ2) is 6.35. The maximum Gasteiger partial charge on any atom is 0.303 e. The van der Waals surface area contributed by atoms with Crippen LogP contribution in [0.15, 0.2) is 18.2 Å². The Morgan fingerprint density at radius 3 is 2.84 bits per heavy atom. The zero-order chi connectivity index (χ0) is 14.4. The van der Waals surface area contributed by atoms with E-state index in [1.165, 1.54) is 18.2 Å². The number of benzene rings is 1. The molecule has 0 aliphatic carbocycles. The molecule has 1 unspecified atom stereocenters. The van der Waals surface area contributed by atoms with Crippen molar-refractivity contribution < 1.29 is 14.8 Å². The highest BCUT2D eigenvalue weighted by Gasteiger charge is 2.15. The summed E-state index contributed by atoms with van der Waals surface area (Å²) in [6.45, 7) is 2.04. The number of nitrogens with one attached hydrogen (secondary N) is 1. The van der Waals surface area contributed by atoms with Crippen LogP contribution in [0.1, 0.15) is 18.9 Å². The van der Waals surface area contributed by atoms with Crippen molar-refractivity contribution in [3.63, 3.8) is 0 Å². The molecule has 0 amide bonds. The van der Waals surface area contributed by atoms with Gasteiger partial charge in [0.25, 0.3) is 5.69 Å². The van der Waals surface area contributed by atoms with Crippen molar-refractivity contribution in [3.8, 4) is 6.07 Å². The van der Waals surface area contributed by atoms with Gasteiger partial charge in [-0.3, -0.25) is 14.9 Å². The third kappa shape index (κ3) is 4.27. The Morgan fingerprint density at radius 1 is 1.63 bits per heavy atom. The van der Waals surface area contributed by atoms with Gasteiger partial charge in [-0.25, -0.2) is 0 Å². The number of nitro groups is 1. The number of nitro benzene ring substituents is 1. The lowest BCUT2D eigenvalue weighted by Gasteiger charge is -2.11. The molecular formula is C12H13N3O4. The summed E-state index contributed by atoms with van der Waals surface area (Å²) in [6, 6.07) is 5.93. The van der Waals surface area contributed by atoms with Crippen LogP contribution in [-0.4, -0.2) is 22.5 Å². The van der Waals surface area contributed by atoms with E-state index in [2.05, 4.69) is 5.32 Å². The fourth-order valence-corrected chi connectivity index (χ4v) is 1.56. The van der Waals surface area contributed by atoms with Gasteiger partial charge in [-0.1, -0.05) is 6.92 Å². The summed E-state index contributed by atoms with van der Waals surface area (Å²) in [5, 5.41) is 31.0. The number of carboxylic acids is 1. The van der Waals surface area contributed by atoms with E-state index in [1.807, 2.05) is 6.07 Å². The van der Waals surface area contributed by atoms with Crippen molar-refractivity contribution in [2.24, 2.45) is 5.92 Å². The zero-order valence-corrected chi connectivity index (χ0v) is 10.3. The Morgan fingerprint density at radius 2 is 2.32 bits per heavy atom. The molecule has 19 heavy (non-hydrogen) atoms. The molecule has 0 saturated heterocycles. The van der Waals surface area contributed by atoms with Gasteiger partial charge >= 0.3 is 5.97 Å². The quantitative estimate of drug-likeness (QED) is 0.598. The Balaban J connectivity index is 2.81. The van der Waals surface area contributed by atoms with Gasteiger partial charge < -0.3 is 10.4 Å². The summed E-state index contributed by atoms with van der Waals surface area (Å²) < 4.78 is 0. The number of rotatable bonds is 6. The second-order valence-corrected chi connectivity index (χ2v) is 4.18. The summed E-state index contributed by atoms with van der Waals surface area (Å²) in [4.78, 5) is 20.8. The highest BCUT2D eigenvalue weighted by Crippen LogP contribution is 2.25. The minimum atomic E-state index is -0.913. The number of hydrogen-bond donors (Lipinski definition) is 2. The minimum absolute atomic E-state index is 0.0168. The van der Waals surface area contributed by atoms with E-state index in [1.54, 1.807) is 6.92 Å². The molecule has 0 fully saturated rings. The fourth-order valence-electron chi connectivity index (χ4n) is 1.56. The summed E-state index contributed by atoms with van der Waals surface area (Å²) in [5.41, 5.74) is 0.290. The number of anilines is 1. The average molecular weight is 263 g/mol. The molecule has 2 N–H and O–H groups in total. The predicted octanol–water partition coefficient (Wildman–Crippen LogP) is 1.99. The lowest BCUT2D eigenvalue weighted by atomic mass is 10.1. The first kappa shape index (κ1) is 14.4. The number of carboxylic acid groups (broad SMARTS) is 1. The molecule has 1 rings (SSSR count). The topological polar surface area (TPSA) is 116 Å². The number of carbonyl (C=O) groups is 1. The molecule has 0 saturated carbocycles. The maximum absolute atomic E-state index is 10.9. The van der Waals surface area contributed by atoms with Gasteiger partial charge in [0.1, 0.15) is 5.69 Å². The standard InChI is InChI=1S/C12H13N3O4/c1-8(4-12(16)17)7-14-10-3-2-9(6-13)5-11(10)15(18)19/h2-3,5,8,14H,4,7H2,1H3,(H,16,17). The van der Waals surface area contributed by atoms with E-state index in [4.69, 9.17) is 10.4 Å². The van der Waals surface area contributed by atoms with Crippen LogP contribution in [0.3, 0.4) is 0 Å². The lowest BCUT2D eigenvalue weighted by molar-refractivity contribution is -0.384. The van der Waals surface area contributed by atoms with Crippen LogP contribution in [-0.2, 0) is 4.79 Å². The lowest BCUT2D eigenvalue weighted by Crippen LogP contribution is -2.15. The van der Waals surface area contributed by atoms with Gasteiger partial charge in [0, 0.05) is 19.0 Å². The van der Waals surface area contributed by atoms with Crippen LogP contribution < -0.4 is 5.32 Å². The van der Waals surface area contributed by atoms with Crippen LogP contribution >= 0.6 is 0 Å². The van der Waals surface area contributed by atoms with Crippen molar-refractivity contribution in [2.45, 2.75) is 13.3 Å². The van der Waals surface area contributed by atoms with Gasteiger partial charge in [0.05, 0.1) is 16.6 Å². The number of nitrogens with zero attached hydrogens (tertiary/aromatic N) is 2. The van der Waals surface area contributed by atoms with Crippen LogP contribution in [0.25, 0.3) is 0 Å². The minimum Gasteiger partial charge on any atom is -0.481 e. The largest absolute Gasteiger partial charge is 0.481 e. The molecule has 0 spiro atoms. The molecule has 0 bridgehead atoms. The van der Waals surface area contributed by atoms with Gasteiger partial charge in [-0.05, 0) is 18.1 Å². The Labute approximate surface area is 109 Å². The van der Waals surface area contributed by atoms with Crippen molar-refractivity contribution in [2.75, 3.05) is 11.9 Å². The monoisotopic (exact) mass is 263 g/mol. The number of aliphatic carboxylic acids is 1. The highest BCUT2D eigenvalue weighted by atomic mass is 16.6. The number of nitriles is 1. The van der Waals surface area contributed by atoms with Crippen LogP contribution in [0, 0.1) is 27.4 Å². The molecular weight excluding hydrogens is 250 g/mol. The van der Waals surface area contributed by atoms with Crippen molar-refractivity contribution in [1.29, 1.82) is 5.26 Å². The summed E-state index contributed by atoms with van der Waals surface area (Å²) in [7, 11) is 0. The fraction of sp³-hybridized carbons (Fsp3) is 0.333. The first-order valence-corrected chi connectivity index (χ1v) is 5.58. The molecule has 1 aromatic rings. The van der Waals surface area contributed by atoms with Crippen molar-refractivity contribution >= 4 is 17.3 Å². The van der Waals surface area contributed by atoms with E-state index in [-0.39, 0.29) is 29.3 Å². The Hall–Kier alpha value is -2.62. The highest BCUT2D eigenvalue weighted by molar-refractivity contribution is 5.67. The van der Waals surface area contributed by atoms with E-state index in [9.17, 15) is 14.9 Å². The molecule has 0 aromatic heterocycles. The summed E-state index contributed by atoms with van der Waals surface area (Å²) >= 11 is 0. The summed E-state index contributed by atoms with van der Waals surface area (Å²) in [5.74, 6) is -1.07. The third-order valence-corrected chi connectivity index (χ3v) is 2.49. The van der Waals surface area contributed by atoms with Gasteiger partial charge in [-0.15, -0.1) is 0 Å². The molecule has 0 radical (unpaired) electrons. The first-order valence-electron chi connectivity index (χ1n) is 5.58. The summed E-state index contributed by atoms with van der Waals surface area (Å²) in [6.07, 6.45) is -0.0168. The van der Waals surface area contributed by atoms with Crippen molar-refractivity contribution in [3.05, 3.63) is 33.9 Å². The van der Waals surface area contributed by atoms with Crippen molar-refractivity contribution in [1.82, 2.24) is 0 Å². The zero-order valence-electron chi connectivity index (χ0n) is 10.3. The molecule has 0 heterocycles. The van der Waals surface area contributed by atoms with Gasteiger partial charge in [0.2, 0.25) is 0 Å². The Kier molecular flexibility index (Phi) is 4.83. The molecule has 1 atom stereocenters. The van der Waals surface area contributed by atoms with E-state index < -0.39 is 10.9 Å². The molecule has 0 aliphatic rings. The van der Waals surface area contributed by atoms with E-state index >= 15 is 0 Å². The Bertz CT molecular complexity index is 536. The predicted molar refractivity (Wildman–Crippen MR) is 67.7 cm³/mol. The first-order chi connectivity index (χ1) is 8.93. The maximum atomic E-state index is 10.9. The molecule has 0 aliphatic heterocycles. The van der Waals surface area contributed by atoms with E-state index in [0.717, 1.165) is 0 Å². The SMILES string of the molecule is CC(CNc1ccc(C#N)cc1[N+](=O)[O-])CC(=O)O. The second-order valence-electron chi connectivity index (χ2n) is 4.18. The van der Waals surface area contributed by atoms with Crippen LogP contribution in [0.5, 0.6) is 0 Å². The van der Waals surface area contributed by atoms with Gasteiger partial charge in [0.15, 0.2) is 0 Å². The van der Waals surface area contributed by atoms with Crippen LogP contribution in [0.4, 0.5) is 11.4 Å². The smallest absolute Gasteiger partial charge is 0.303 e. The van der Waals surface area contributed by atoms with Gasteiger partial charge in [-0.2, -0.15) is 5.26 Å². The molecule has 7 heteroatoms. The van der Waals surface area contributed by atoms with E-state index in [0.29, 0.717) is 6.54 Å². The molecule has 100 valence electrons. The molecule has 1 aromatic carbocycles. The normalized spacial score (nSPS) is 11.4. The third-order valence-electron chi connectivity index (χ3n) is 2.49. The van der Waals surface area contributed by atoms with Crippen LogP contribution in [0.2, 0.25) is 0 Å².